The Morgan fingerprint density at radius 2 is 2.19 bits per heavy atom. The van der Waals surface area contributed by atoms with Gasteiger partial charge in [0.1, 0.15) is 0 Å². The van der Waals surface area contributed by atoms with Crippen LogP contribution < -0.4 is 5.32 Å². The number of anilines is 1. The molecule has 0 atom stereocenters. The van der Waals surface area contributed by atoms with Crippen molar-refractivity contribution in [3.05, 3.63) is 54.0 Å². The highest BCUT2D eigenvalue weighted by Crippen LogP contribution is 2.17. The molecule has 0 radical (unpaired) electrons. The van der Waals surface area contributed by atoms with E-state index >= 15 is 0 Å². The van der Waals surface area contributed by atoms with Gasteiger partial charge in [-0.25, -0.2) is 0 Å². The highest BCUT2D eigenvalue weighted by Gasteiger charge is 2.20. The van der Waals surface area contributed by atoms with Gasteiger partial charge in [0.2, 0.25) is 5.91 Å². The van der Waals surface area contributed by atoms with E-state index in [1.807, 2.05) is 29.2 Å². The fourth-order valence-electron chi connectivity index (χ4n) is 2.44. The minimum Gasteiger partial charge on any atom is -0.459 e. The number of carbonyl (C=O) groups excluding carboxylic acids is 2. The average molecular weight is 284 g/mol. The number of furan rings is 1. The van der Waals surface area contributed by atoms with E-state index in [-0.39, 0.29) is 17.6 Å². The van der Waals surface area contributed by atoms with Crippen molar-refractivity contribution in [3.8, 4) is 0 Å². The molecule has 1 aromatic heterocycles. The van der Waals surface area contributed by atoms with Crippen LogP contribution in [0.3, 0.4) is 0 Å². The number of nitrogens with zero attached hydrogens (tertiary/aromatic N) is 1. The molecule has 1 N–H and O–H groups in total. The van der Waals surface area contributed by atoms with E-state index < -0.39 is 0 Å². The molecule has 0 spiro atoms. The summed E-state index contributed by atoms with van der Waals surface area (Å²) in [7, 11) is 0. The molecule has 0 unspecified atom stereocenters. The Hall–Kier alpha value is -2.56. The van der Waals surface area contributed by atoms with E-state index in [0.717, 1.165) is 18.5 Å². The van der Waals surface area contributed by atoms with Gasteiger partial charge in [0.05, 0.1) is 6.26 Å². The van der Waals surface area contributed by atoms with Gasteiger partial charge >= 0.3 is 0 Å². The third kappa shape index (κ3) is 3.13. The average Bonchev–Trinajstić information content (AvgIpc) is 3.12. The first kappa shape index (κ1) is 13.4. The second-order valence-corrected chi connectivity index (χ2v) is 5.05. The van der Waals surface area contributed by atoms with E-state index in [9.17, 15) is 9.59 Å². The Balaban J connectivity index is 1.68. The molecule has 5 heteroatoms. The topological polar surface area (TPSA) is 62.6 Å². The van der Waals surface area contributed by atoms with Crippen LogP contribution in [-0.2, 0) is 11.3 Å². The van der Waals surface area contributed by atoms with Crippen molar-refractivity contribution in [1.29, 1.82) is 0 Å². The van der Waals surface area contributed by atoms with Crippen molar-refractivity contribution >= 4 is 17.5 Å². The van der Waals surface area contributed by atoms with E-state index in [2.05, 4.69) is 5.32 Å². The van der Waals surface area contributed by atoms with Crippen LogP contribution in [0.15, 0.2) is 47.1 Å². The standard InChI is InChI=1S/C16H16N2O3/c19-15-7-2-8-18(15)11-12-4-1-5-13(10-12)17-16(20)14-6-3-9-21-14/h1,3-6,9-10H,2,7-8,11H2,(H,17,20). The van der Waals surface area contributed by atoms with Gasteiger partial charge in [-0.3, -0.25) is 9.59 Å². The van der Waals surface area contributed by atoms with Crippen LogP contribution in [0, 0.1) is 0 Å². The van der Waals surface area contributed by atoms with Crippen LogP contribution in [-0.4, -0.2) is 23.3 Å². The fraction of sp³-hybridized carbons (Fsp3) is 0.250. The Bertz CT molecular complexity index is 649. The van der Waals surface area contributed by atoms with Crippen LogP contribution in [0.5, 0.6) is 0 Å². The first-order valence-electron chi connectivity index (χ1n) is 6.94. The summed E-state index contributed by atoms with van der Waals surface area (Å²) in [4.78, 5) is 25.4. The van der Waals surface area contributed by atoms with Crippen LogP contribution in [0.1, 0.15) is 29.0 Å². The maximum absolute atomic E-state index is 11.9. The number of amides is 2. The molecule has 3 rings (SSSR count). The van der Waals surface area contributed by atoms with Crippen LogP contribution in [0.25, 0.3) is 0 Å². The summed E-state index contributed by atoms with van der Waals surface area (Å²) in [6.45, 7) is 1.39. The van der Waals surface area contributed by atoms with Gasteiger partial charge in [0.15, 0.2) is 5.76 Å². The maximum atomic E-state index is 11.9. The van der Waals surface area contributed by atoms with Crippen molar-refractivity contribution < 1.29 is 14.0 Å². The highest BCUT2D eigenvalue weighted by molar-refractivity contribution is 6.02. The van der Waals surface area contributed by atoms with E-state index in [4.69, 9.17) is 4.42 Å². The van der Waals surface area contributed by atoms with Gasteiger partial charge in [0.25, 0.3) is 5.91 Å². The molecule has 2 amide bonds. The lowest BCUT2D eigenvalue weighted by Crippen LogP contribution is -2.23. The highest BCUT2D eigenvalue weighted by atomic mass is 16.3. The number of hydrogen-bond donors (Lipinski definition) is 1. The van der Waals surface area contributed by atoms with E-state index in [1.54, 1.807) is 12.1 Å². The van der Waals surface area contributed by atoms with Crippen molar-refractivity contribution in [1.82, 2.24) is 4.90 Å². The van der Waals surface area contributed by atoms with Crippen molar-refractivity contribution in [2.24, 2.45) is 0 Å². The molecule has 0 saturated carbocycles. The SMILES string of the molecule is O=C(Nc1cccc(CN2CCCC2=O)c1)c1ccco1. The molecule has 108 valence electrons. The molecule has 2 aromatic rings. The summed E-state index contributed by atoms with van der Waals surface area (Å²) in [5.41, 5.74) is 1.70. The molecule has 1 saturated heterocycles. The number of likely N-dealkylation sites (tertiary alicyclic amines) is 1. The van der Waals surface area contributed by atoms with Crippen molar-refractivity contribution in [2.45, 2.75) is 19.4 Å². The summed E-state index contributed by atoms with van der Waals surface area (Å²) in [5.74, 6) is 0.185. The summed E-state index contributed by atoms with van der Waals surface area (Å²) in [6, 6.07) is 10.8. The van der Waals surface area contributed by atoms with Gasteiger partial charge in [-0.2, -0.15) is 0 Å². The Morgan fingerprint density at radius 1 is 1.29 bits per heavy atom. The molecule has 0 bridgehead atoms. The van der Waals surface area contributed by atoms with Crippen LogP contribution in [0.2, 0.25) is 0 Å². The quantitative estimate of drug-likeness (QED) is 0.938. The monoisotopic (exact) mass is 284 g/mol. The molecule has 1 aromatic carbocycles. The lowest BCUT2D eigenvalue weighted by molar-refractivity contribution is -0.128. The number of carbonyl (C=O) groups is 2. The lowest BCUT2D eigenvalue weighted by atomic mass is 10.2. The van der Waals surface area contributed by atoms with E-state index in [0.29, 0.717) is 18.7 Å². The molecule has 2 heterocycles. The normalized spacial score (nSPS) is 14.5. The molecule has 1 fully saturated rings. The van der Waals surface area contributed by atoms with E-state index in [1.165, 1.54) is 6.26 Å². The van der Waals surface area contributed by atoms with Gasteiger partial charge in [0, 0.05) is 25.2 Å². The van der Waals surface area contributed by atoms with Crippen molar-refractivity contribution in [3.63, 3.8) is 0 Å². The second-order valence-electron chi connectivity index (χ2n) is 5.05. The smallest absolute Gasteiger partial charge is 0.291 e. The summed E-state index contributed by atoms with van der Waals surface area (Å²) in [6.07, 6.45) is 3.02. The van der Waals surface area contributed by atoms with Gasteiger partial charge < -0.3 is 14.6 Å². The largest absolute Gasteiger partial charge is 0.459 e. The minimum atomic E-state index is -0.283. The zero-order valence-electron chi connectivity index (χ0n) is 11.5. The predicted molar refractivity (Wildman–Crippen MR) is 77.8 cm³/mol. The number of benzene rings is 1. The lowest BCUT2D eigenvalue weighted by Gasteiger charge is -2.16. The zero-order chi connectivity index (χ0) is 14.7. The zero-order valence-corrected chi connectivity index (χ0v) is 11.5. The second kappa shape index (κ2) is 5.83. The summed E-state index contributed by atoms with van der Waals surface area (Å²) < 4.78 is 5.05. The maximum Gasteiger partial charge on any atom is 0.291 e. The Kier molecular flexibility index (Phi) is 3.73. The molecule has 21 heavy (non-hydrogen) atoms. The summed E-state index contributed by atoms with van der Waals surface area (Å²) in [5, 5.41) is 2.78. The molecular formula is C16H16N2O3. The Morgan fingerprint density at radius 3 is 2.90 bits per heavy atom. The summed E-state index contributed by atoms with van der Waals surface area (Å²) >= 11 is 0. The molecule has 1 aliphatic heterocycles. The fourth-order valence-corrected chi connectivity index (χ4v) is 2.44. The van der Waals surface area contributed by atoms with Crippen molar-refractivity contribution in [2.75, 3.05) is 11.9 Å². The number of rotatable bonds is 4. The Labute approximate surface area is 122 Å². The molecule has 5 nitrogen and oxygen atoms in total. The van der Waals surface area contributed by atoms with Gasteiger partial charge in [-0.1, -0.05) is 12.1 Å². The number of nitrogens with one attached hydrogen (secondary N) is 1. The minimum absolute atomic E-state index is 0.194. The van der Waals surface area contributed by atoms with Gasteiger partial charge in [-0.15, -0.1) is 0 Å². The van der Waals surface area contributed by atoms with Crippen LogP contribution >= 0.6 is 0 Å². The predicted octanol–water partition coefficient (Wildman–Crippen LogP) is 2.65. The van der Waals surface area contributed by atoms with Gasteiger partial charge in [-0.05, 0) is 36.2 Å². The first-order chi connectivity index (χ1) is 10.2. The molecular weight excluding hydrogens is 268 g/mol. The molecule has 1 aliphatic rings. The molecule has 0 aliphatic carbocycles. The number of hydrogen-bond acceptors (Lipinski definition) is 3. The van der Waals surface area contributed by atoms with Crippen LogP contribution in [0.4, 0.5) is 5.69 Å². The third-order valence-electron chi connectivity index (χ3n) is 3.47. The first-order valence-corrected chi connectivity index (χ1v) is 6.94. The third-order valence-corrected chi connectivity index (χ3v) is 3.47.